The molecule has 27 heavy (non-hydrogen) atoms. The molecule has 2 aromatic heterocycles. The minimum atomic E-state index is -3.68. The summed E-state index contributed by atoms with van der Waals surface area (Å²) in [6.07, 6.45) is 3.90. The fourth-order valence-electron chi connectivity index (χ4n) is 3.59. The highest BCUT2D eigenvalue weighted by atomic mass is 32.2. The first-order chi connectivity index (χ1) is 13.0. The molecule has 1 aliphatic heterocycles. The summed E-state index contributed by atoms with van der Waals surface area (Å²) >= 11 is 0. The smallest absolute Gasteiger partial charge is 0.336 e. The topological polar surface area (TPSA) is 93.6 Å². The lowest BCUT2D eigenvalue weighted by atomic mass is 9.85. The molecule has 0 N–H and O–H groups in total. The van der Waals surface area contributed by atoms with Gasteiger partial charge in [0.2, 0.25) is 10.0 Å². The van der Waals surface area contributed by atoms with Gasteiger partial charge in [0.1, 0.15) is 11.3 Å². The van der Waals surface area contributed by atoms with Gasteiger partial charge in [-0.05, 0) is 37.1 Å². The number of hydrogen-bond acceptors (Lipinski definition) is 6. The van der Waals surface area contributed by atoms with Gasteiger partial charge >= 0.3 is 5.63 Å². The lowest BCUT2D eigenvalue weighted by molar-refractivity contribution is 0.314. The summed E-state index contributed by atoms with van der Waals surface area (Å²) in [6.45, 7) is 0.576. The largest absolute Gasteiger partial charge is 0.445 e. The number of aromatic nitrogens is 1. The van der Waals surface area contributed by atoms with Gasteiger partial charge in [0.05, 0.1) is 17.1 Å². The molecule has 0 spiro atoms. The van der Waals surface area contributed by atoms with Crippen LogP contribution in [-0.4, -0.2) is 24.3 Å². The van der Waals surface area contributed by atoms with Crippen molar-refractivity contribution in [2.45, 2.75) is 43.0 Å². The van der Waals surface area contributed by atoms with Crippen molar-refractivity contribution >= 4 is 21.0 Å². The summed E-state index contributed by atoms with van der Waals surface area (Å²) in [6, 6.07) is 7.37. The summed E-state index contributed by atoms with van der Waals surface area (Å²) in [5, 5.41) is 0.571. The maximum absolute atomic E-state index is 13.1. The maximum Gasteiger partial charge on any atom is 0.336 e. The molecule has 3 heterocycles. The summed E-state index contributed by atoms with van der Waals surface area (Å²) in [5.74, 6) is 1.95. The fraction of sp³-hybridized carbons (Fsp3) is 0.368. The molecule has 1 aromatic carbocycles. The summed E-state index contributed by atoms with van der Waals surface area (Å²) < 4.78 is 38.6. The van der Waals surface area contributed by atoms with Crippen molar-refractivity contribution in [3.05, 3.63) is 58.1 Å². The van der Waals surface area contributed by atoms with Crippen LogP contribution >= 0.6 is 0 Å². The SMILES string of the molecule is O=c1ccc2cc(S(=O)(=O)N3CCc4oc(C5CCC5)nc4C3)ccc2o1. The molecule has 140 valence electrons. The van der Waals surface area contributed by atoms with Crippen molar-refractivity contribution < 1.29 is 17.3 Å². The molecule has 5 rings (SSSR count). The molecule has 0 saturated heterocycles. The minimum Gasteiger partial charge on any atom is -0.445 e. The number of oxazole rings is 1. The molecular weight excluding hydrogens is 368 g/mol. The third-order valence-electron chi connectivity index (χ3n) is 5.39. The standard InChI is InChI=1S/C19H18N2O5S/c22-18-7-4-13-10-14(5-6-16(13)25-18)27(23,24)21-9-8-17-15(11-21)20-19(26-17)12-2-1-3-12/h4-7,10,12H,1-3,8-9,11H2. The van der Waals surface area contributed by atoms with Crippen LogP contribution in [0.4, 0.5) is 0 Å². The van der Waals surface area contributed by atoms with E-state index in [0.717, 1.165) is 30.2 Å². The van der Waals surface area contributed by atoms with Crippen LogP contribution in [0.2, 0.25) is 0 Å². The van der Waals surface area contributed by atoms with E-state index in [1.165, 1.54) is 35.0 Å². The summed E-state index contributed by atoms with van der Waals surface area (Å²) in [4.78, 5) is 16.0. The van der Waals surface area contributed by atoms with E-state index in [1.807, 2.05) is 0 Å². The zero-order valence-electron chi connectivity index (χ0n) is 14.6. The average molecular weight is 386 g/mol. The molecule has 2 aliphatic rings. The fourth-order valence-corrected chi connectivity index (χ4v) is 5.03. The van der Waals surface area contributed by atoms with Gasteiger partial charge in [-0.1, -0.05) is 6.42 Å². The quantitative estimate of drug-likeness (QED) is 0.643. The Morgan fingerprint density at radius 2 is 1.96 bits per heavy atom. The lowest BCUT2D eigenvalue weighted by Gasteiger charge is -2.24. The zero-order valence-corrected chi connectivity index (χ0v) is 15.4. The molecule has 0 amide bonds. The van der Waals surface area contributed by atoms with Crippen LogP contribution in [0.3, 0.4) is 0 Å². The number of sulfonamides is 1. The van der Waals surface area contributed by atoms with Crippen molar-refractivity contribution in [3.8, 4) is 0 Å². The highest BCUT2D eigenvalue weighted by molar-refractivity contribution is 7.89. The van der Waals surface area contributed by atoms with Crippen LogP contribution in [0.25, 0.3) is 11.0 Å². The molecule has 0 bridgehead atoms. The van der Waals surface area contributed by atoms with E-state index < -0.39 is 15.6 Å². The number of nitrogens with zero attached hydrogens (tertiary/aromatic N) is 2. The van der Waals surface area contributed by atoms with Crippen LogP contribution in [-0.2, 0) is 23.0 Å². The number of rotatable bonds is 3. The van der Waals surface area contributed by atoms with Gasteiger partial charge < -0.3 is 8.83 Å². The van der Waals surface area contributed by atoms with E-state index in [2.05, 4.69) is 4.98 Å². The highest BCUT2D eigenvalue weighted by Gasteiger charge is 2.33. The summed E-state index contributed by atoms with van der Waals surface area (Å²) in [5.41, 5.74) is 0.623. The minimum absolute atomic E-state index is 0.176. The molecule has 1 fully saturated rings. The van der Waals surface area contributed by atoms with Gasteiger partial charge in [-0.2, -0.15) is 4.31 Å². The van der Waals surface area contributed by atoms with Crippen molar-refractivity contribution in [3.63, 3.8) is 0 Å². The normalized spacial score (nSPS) is 18.4. The zero-order chi connectivity index (χ0) is 18.6. The first kappa shape index (κ1) is 16.7. The van der Waals surface area contributed by atoms with Crippen LogP contribution in [0.5, 0.6) is 0 Å². The van der Waals surface area contributed by atoms with Crippen LogP contribution in [0.1, 0.15) is 42.5 Å². The van der Waals surface area contributed by atoms with Gasteiger partial charge in [0, 0.05) is 30.3 Å². The average Bonchev–Trinajstić information content (AvgIpc) is 3.01. The first-order valence-electron chi connectivity index (χ1n) is 9.03. The molecule has 8 heteroatoms. The molecule has 7 nitrogen and oxygen atoms in total. The van der Waals surface area contributed by atoms with E-state index in [4.69, 9.17) is 8.83 Å². The van der Waals surface area contributed by atoms with E-state index in [0.29, 0.717) is 29.9 Å². The Morgan fingerprint density at radius 1 is 1.11 bits per heavy atom. The van der Waals surface area contributed by atoms with E-state index in [1.54, 1.807) is 6.07 Å². The van der Waals surface area contributed by atoms with Crippen LogP contribution in [0.15, 0.2) is 48.9 Å². The monoisotopic (exact) mass is 386 g/mol. The Balaban J connectivity index is 1.46. The Kier molecular flexibility index (Phi) is 3.73. The van der Waals surface area contributed by atoms with Gasteiger partial charge in [-0.15, -0.1) is 0 Å². The third kappa shape index (κ3) is 2.80. The van der Waals surface area contributed by atoms with Gasteiger partial charge in [-0.3, -0.25) is 0 Å². The summed E-state index contributed by atoms with van der Waals surface area (Å²) in [7, 11) is -3.68. The maximum atomic E-state index is 13.1. The first-order valence-corrected chi connectivity index (χ1v) is 10.5. The van der Waals surface area contributed by atoms with Crippen molar-refractivity contribution in [2.24, 2.45) is 0 Å². The Hall–Kier alpha value is -2.45. The number of hydrogen-bond donors (Lipinski definition) is 0. The van der Waals surface area contributed by atoms with Gasteiger partial charge in [-0.25, -0.2) is 18.2 Å². The van der Waals surface area contributed by atoms with Crippen molar-refractivity contribution in [2.75, 3.05) is 6.54 Å². The molecule has 0 radical (unpaired) electrons. The Bertz CT molecular complexity index is 1190. The third-order valence-corrected chi connectivity index (χ3v) is 7.23. The van der Waals surface area contributed by atoms with Gasteiger partial charge in [0.15, 0.2) is 5.89 Å². The predicted molar refractivity (Wildman–Crippen MR) is 96.9 cm³/mol. The number of fused-ring (bicyclic) bond motifs is 2. The molecule has 0 atom stereocenters. The van der Waals surface area contributed by atoms with Crippen molar-refractivity contribution in [1.82, 2.24) is 9.29 Å². The van der Waals surface area contributed by atoms with E-state index in [9.17, 15) is 13.2 Å². The molecule has 1 saturated carbocycles. The molecule has 0 unspecified atom stereocenters. The molecular formula is C19H18N2O5S. The van der Waals surface area contributed by atoms with Gasteiger partial charge in [0.25, 0.3) is 0 Å². The second-order valence-electron chi connectivity index (χ2n) is 7.09. The second-order valence-corrected chi connectivity index (χ2v) is 9.03. The number of benzene rings is 1. The van der Waals surface area contributed by atoms with Crippen LogP contribution in [0, 0.1) is 0 Å². The van der Waals surface area contributed by atoms with Crippen molar-refractivity contribution in [1.29, 1.82) is 0 Å². The Labute approximate surface area is 155 Å². The molecule has 3 aromatic rings. The highest BCUT2D eigenvalue weighted by Crippen LogP contribution is 2.37. The predicted octanol–water partition coefficient (Wildman–Crippen LogP) is 2.80. The van der Waals surface area contributed by atoms with Crippen LogP contribution < -0.4 is 5.63 Å². The molecule has 1 aliphatic carbocycles. The lowest BCUT2D eigenvalue weighted by Crippen LogP contribution is -2.35. The van der Waals surface area contributed by atoms with E-state index >= 15 is 0 Å². The second kappa shape index (κ2) is 6.03. The van der Waals surface area contributed by atoms with E-state index in [-0.39, 0.29) is 11.4 Å². The Morgan fingerprint density at radius 3 is 2.74 bits per heavy atom.